The molecule has 12 heteroatoms. The molecule has 0 atom stereocenters. The van der Waals surface area contributed by atoms with Gasteiger partial charge >= 0.3 is 0 Å². The normalized spacial score (nSPS) is 11.7. The second-order valence-corrected chi connectivity index (χ2v) is 8.86. The average Bonchev–Trinajstić information content (AvgIpc) is 2.79. The summed E-state index contributed by atoms with van der Waals surface area (Å²) in [6.07, 6.45) is 0. The molecule has 3 rings (SSSR count). The summed E-state index contributed by atoms with van der Waals surface area (Å²) in [6, 6.07) is 13.9. The van der Waals surface area contributed by atoms with Gasteiger partial charge in [0.25, 0.3) is 15.7 Å². The molecule has 0 radical (unpaired) electrons. The first-order valence-electron chi connectivity index (χ1n) is 9.35. The molecule has 3 aromatic rings. The maximum absolute atomic E-state index is 12.7. The summed E-state index contributed by atoms with van der Waals surface area (Å²) in [4.78, 5) is 10.6. The average molecular weight is 491 g/mol. The first kappa shape index (κ1) is 23.8. The van der Waals surface area contributed by atoms with Crippen LogP contribution in [0, 0.1) is 10.1 Å². The van der Waals surface area contributed by atoms with Crippen LogP contribution >= 0.6 is 11.6 Å². The number of hydrogen-bond donors (Lipinski definition) is 3. The lowest BCUT2D eigenvalue weighted by atomic mass is 10.1. The van der Waals surface area contributed by atoms with Crippen LogP contribution in [0.2, 0.25) is 5.02 Å². The van der Waals surface area contributed by atoms with Gasteiger partial charge in [-0.15, -0.1) is 0 Å². The lowest BCUT2D eigenvalue weighted by molar-refractivity contribution is -0.384. The van der Waals surface area contributed by atoms with E-state index in [1.165, 1.54) is 49.6 Å². The molecule has 0 heterocycles. The van der Waals surface area contributed by atoms with E-state index in [0.29, 0.717) is 22.0 Å². The zero-order chi connectivity index (χ0) is 24.2. The number of nitro groups is 1. The van der Waals surface area contributed by atoms with Crippen LogP contribution in [-0.4, -0.2) is 31.3 Å². The first-order chi connectivity index (χ1) is 15.6. The predicted molar refractivity (Wildman–Crippen MR) is 126 cm³/mol. The number of hydrazone groups is 1. The minimum atomic E-state index is -4.09. The Kier molecular flexibility index (Phi) is 7.04. The van der Waals surface area contributed by atoms with E-state index >= 15 is 0 Å². The van der Waals surface area contributed by atoms with E-state index in [4.69, 9.17) is 16.3 Å². The number of nitrogens with zero attached hydrogens (tertiary/aromatic N) is 2. The van der Waals surface area contributed by atoms with Gasteiger partial charge < -0.3 is 9.84 Å². The van der Waals surface area contributed by atoms with Crippen LogP contribution in [0.25, 0.3) is 0 Å². The highest BCUT2D eigenvalue weighted by Gasteiger charge is 2.22. The zero-order valence-electron chi connectivity index (χ0n) is 17.4. The van der Waals surface area contributed by atoms with Crippen molar-refractivity contribution in [1.29, 1.82) is 0 Å². The summed E-state index contributed by atoms with van der Waals surface area (Å²) in [5.74, 6) is 0.439. The molecule has 0 aliphatic heterocycles. The summed E-state index contributed by atoms with van der Waals surface area (Å²) in [6.45, 7) is 1.59. The van der Waals surface area contributed by atoms with Crippen LogP contribution in [0.15, 0.2) is 70.7 Å². The number of anilines is 2. The third-order valence-electron chi connectivity index (χ3n) is 4.51. The fraction of sp³-hybridized carbons (Fsp3) is 0.0952. The lowest BCUT2D eigenvalue weighted by Gasteiger charge is -2.10. The van der Waals surface area contributed by atoms with Gasteiger partial charge in [-0.3, -0.25) is 20.3 Å². The van der Waals surface area contributed by atoms with E-state index < -0.39 is 20.6 Å². The maximum atomic E-state index is 12.7. The molecule has 0 saturated heterocycles. The Balaban J connectivity index is 1.89. The Morgan fingerprint density at radius 3 is 2.45 bits per heavy atom. The summed E-state index contributed by atoms with van der Waals surface area (Å²) in [5.41, 5.74) is 2.95. The molecule has 10 nitrogen and oxygen atoms in total. The molecular formula is C21H19ClN4O6S. The van der Waals surface area contributed by atoms with Gasteiger partial charge in [-0.1, -0.05) is 11.6 Å². The highest BCUT2D eigenvalue weighted by atomic mass is 35.5. The minimum Gasteiger partial charge on any atom is -0.507 e. The van der Waals surface area contributed by atoms with E-state index in [9.17, 15) is 23.6 Å². The largest absolute Gasteiger partial charge is 0.507 e. The number of phenols is 1. The molecule has 0 fully saturated rings. The first-order valence-corrected chi connectivity index (χ1v) is 11.2. The smallest absolute Gasteiger partial charge is 0.295 e. The van der Waals surface area contributed by atoms with Crippen molar-refractivity contribution < 1.29 is 23.2 Å². The predicted octanol–water partition coefficient (Wildman–Crippen LogP) is 4.60. The van der Waals surface area contributed by atoms with Crippen LogP contribution in [0.4, 0.5) is 17.1 Å². The molecule has 0 saturated carbocycles. The number of aromatic hydroxyl groups is 1. The number of halogens is 1. The highest BCUT2D eigenvalue weighted by molar-refractivity contribution is 7.92. The van der Waals surface area contributed by atoms with Crippen LogP contribution < -0.4 is 14.9 Å². The number of nitrogens with one attached hydrogen (secondary N) is 2. The van der Waals surface area contributed by atoms with Gasteiger partial charge in [0, 0.05) is 22.3 Å². The van der Waals surface area contributed by atoms with Crippen molar-refractivity contribution in [1.82, 2.24) is 0 Å². The lowest BCUT2D eigenvalue weighted by Crippen LogP contribution is -2.13. The second-order valence-electron chi connectivity index (χ2n) is 6.74. The molecule has 0 spiro atoms. The monoisotopic (exact) mass is 490 g/mol. The van der Waals surface area contributed by atoms with Gasteiger partial charge in [0.15, 0.2) is 0 Å². The SMILES string of the molecule is COc1ccc(O)c(C(C)=NNc2ccc(S(=O)(=O)Nc3ccc(Cl)cc3)cc2[N+](=O)[O-])c1. The second kappa shape index (κ2) is 9.76. The topological polar surface area (TPSA) is 143 Å². The molecule has 0 amide bonds. The third kappa shape index (κ3) is 5.70. The van der Waals surface area contributed by atoms with E-state index in [0.717, 1.165) is 6.07 Å². The number of nitro benzene ring substituents is 1. The molecule has 0 bridgehead atoms. The van der Waals surface area contributed by atoms with E-state index in [2.05, 4.69) is 15.2 Å². The molecule has 172 valence electrons. The van der Waals surface area contributed by atoms with E-state index in [-0.39, 0.29) is 22.0 Å². The summed E-state index contributed by atoms with van der Waals surface area (Å²) in [5, 5.41) is 26.1. The Labute approximate surface area is 194 Å². The third-order valence-corrected chi connectivity index (χ3v) is 6.14. The Hall–Kier alpha value is -3.83. The molecule has 0 aliphatic carbocycles. The van der Waals surface area contributed by atoms with Gasteiger partial charge in [-0.25, -0.2) is 8.42 Å². The molecule has 0 aromatic heterocycles. The van der Waals surface area contributed by atoms with Crippen molar-refractivity contribution in [2.24, 2.45) is 5.10 Å². The van der Waals surface area contributed by atoms with Crippen LogP contribution in [0.5, 0.6) is 11.5 Å². The van der Waals surface area contributed by atoms with E-state index in [1.54, 1.807) is 19.1 Å². The van der Waals surface area contributed by atoms with Crippen molar-refractivity contribution in [2.75, 3.05) is 17.3 Å². The summed E-state index contributed by atoms with van der Waals surface area (Å²) < 4.78 is 32.8. The molecule has 0 unspecified atom stereocenters. The number of methoxy groups -OCH3 is 1. The van der Waals surface area contributed by atoms with Crippen LogP contribution in [0.1, 0.15) is 12.5 Å². The number of rotatable bonds is 8. The zero-order valence-corrected chi connectivity index (χ0v) is 19.0. The van der Waals surface area contributed by atoms with Gasteiger partial charge in [0.2, 0.25) is 0 Å². The number of ether oxygens (including phenoxy) is 1. The standard InChI is InChI=1S/C21H19ClN4O6S/c1-13(18-11-16(32-2)7-10-21(18)27)23-24-19-9-8-17(12-20(19)26(28)29)33(30,31)25-15-5-3-14(22)4-6-15/h3-12,24-25,27H,1-2H3. The van der Waals surface area contributed by atoms with Crippen LogP contribution in [0.3, 0.4) is 0 Å². The minimum absolute atomic E-state index is 0.0350. The molecule has 3 aromatic carbocycles. The fourth-order valence-electron chi connectivity index (χ4n) is 2.79. The molecule has 0 aliphatic rings. The van der Waals surface area contributed by atoms with Crippen LogP contribution in [-0.2, 0) is 10.0 Å². The highest BCUT2D eigenvalue weighted by Crippen LogP contribution is 2.29. The van der Waals surface area contributed by atoms with Gasteiger partial charge in [0.05, 0.1) is 22.6 Å². The quantitative estimate of drug-likeness (QED) is 0.238. The number of phenolic OH excluding ortho intramolecular Hbond substituents is 1. The summed E-state index contributed by atoms with van der Waals surface area (Å²) in [7, 11) is -2.62. The van der Waals surface area contributed by atoms with Crippen molar-refractivity contribution in [2.45, 2.75) is 11.8 Å². The van der Waals surface area contributed by atoms with Gasteiger partial charge in [-0.05, 0) is 61.5 Å². The number of benzene rings is 3. The number of sulfonamides is 1. The maximum Gasteiger partial charge on any atom is 0.295 e. The van der Waals surface area contributed by atoms with Crippen molar-refractivity contribution >= 4 is 44.4 Å². The Bertz CT molecular complexity index is 1330. The molecule has 3 N–H and O–H groups in total. The van der Waals surface area contributed by atoms with E-state index in [1.807, 2.05) is 0 Å². The number of hydrogen-bond acceptors (Lipinski definition) is 8. The molecular weight excluding hydrogens is 472 g/mol. The van der Waals surface area contributed by atoms with Crippen molar-refractivity contribution in [3.05, 3.63) is 81.4 Å². The molecule has 33 heavy (non-hydrogen) atoms. The van der Waals surface area contributed by atoms with Gasteiger partial charge in [0.1, 0.15) is 17.2 Å². The van der Waals surface area contributed by atoms with Crippen molar-refractivity contribution in [3.63, 3.8) is 0 Å². The van der Waals surface area contributed by atoms with Crippen molar-refractivity contribution in [3.8, 4) is 11.5 Å². The van der Waals surface area contributed by atoms with Gasteiger partial charge in [-0.2, -0.15) is 5.10 Å². The Morgan fingerprint density at radius 1 is 1.12 bits per heavy atom. The summed E-state index contributed by atoms with van der Waals surface area (Å²) >= 11 is 5.80. The Morgan fingerprint density at radius 2 is 1.82 bits per heavy atom. The fourth-order valence-corrected chi connectivity index (χ4v) is 4.00.